The van der Waals surface area contributed by atoms with Crippen LogP contribution in [0.1, 0.15) is 53.5 Å². The van der Waals surface area contributed by atoms with Crippen LogP contribution < -0.4 is 40.8 Å². The Morgan fingerprint density at radius 3 is 2.35 bits per heavy atom. The molecule has 4 aromatic rings. The summed E-state index contributed by atoms with van der Waals surface area (Å²) in [5, 5.41) is 4.31. The van der Waals surface area contributed by atoms with Crippen LogP contribution in [0.25, 0.3) is 5.70 Å². The van der Waals surface area contributed by atoms with Gasteiger partial charge in [-0.2, -0.15) is 0 Å². The van der Waals surface area contributed by atoms with Crippen molar-refractivity contribution in [3.8, 4) is 5.75 Å². The molecule has 0 atom stereocenters. The van der Waals surface area contributed by atoms with Gasteiger partial charge in [-0.25, -0.2) is 23.8 Å². The predicted molar refractivity (Wildman–Crippen MR) is 204 cm³/mol. The van der Waals surface area contributed by atoms with Crippen LogP contribution in [0.15, 0.2) is 73.1 Å². The Labute approximate surface area is 300 Å². The summed E-state index contributed by atoms with van der Waals surface area (Å²) in [6, 6.07) is 19.2. The lowest BCUT2D eigenvalue weighted by molar-refractivity contribution is -0.657. The highest BCUT2D eigenvalue weighted by molar-refractivity contribution is 7.92. The molecule has 1 aromatic heterocycles. The molecule has 0 radical (unpaired) electrons. The Kier molecular flexibility index (Phi) is 11.0. The van der Waals surface area contributed by atoms with Gasteiger partial charge in [0.25, 0.3) is 5.91 Å². The molecule has 14 heteroatoms. The fraction of sp³-hybridized carbons (Fsp3) is 0.351. The number of nitrogens with two attached hydrogens (primary N) is 2. The lowest BCUT2D eigenvalue weighted by Crippen LogP contribution is -2.49. The van der Waals surface area contributed by atoms with Gasteiger partial charge in [-0.05, 0) is 53.3 Å². The molecule has 1 saturated heterocycles. The summed E-state index contributed by atoms with van der Waals surface area (Å²) in [6.07, 6.45) is 4.62. The Hall–Kier alpha value is -5.05. The quantitative estimate of drug-likeness (QED) is 0.0875. The number of benzene rings is 3. The second kappa shape index (κ2) is 15.1. The number of ether oxygens (including phenoxy) is 1. The van der Waals surface area contributed by atoms with Crippen LogP contribution in [0, 0.1) is 6.92 Å². The molecular formula is C37H50N9O4S+. The van der Waals surface area contributed by atoms with Crippen LogP contribution in [0.2, 0.25) is 0 Å². The number of aromatic nitrogens is 2. The van der Waals surface area contributed by atoms with Gasteiger partial charge in [-0.15, -0.1) is 0 Å². The van der Waals surface area contributed by atoms with E-state index in [1.54, 1.807) is 36.5 Å². The van der Waals surface area contributed by atoms with Gasteiger partial charge in [0.05, 0.1) is 56.3 Å². The summed E-state index contributed by atoms with van der Waals surface area (Å²) in [6.45, 7) is 12.5. The Morgan fingerprint density at radius 2 is 1.73 bits per heavy atom. The number of carbonyl (C=O) groups is 1. The monoisotopic (exact) mass is 716 g/mol. The lowest BCUT2D eigenvalue weighted by Gasteiger charge is -2.31. The Balaban J connectivity index is 1.32. The molecule has 3 aromatic carbocycles. The van der Waals surface area contributed by atoms with E-state index >= 15 is 0 Å². The van der Waals surface area contributed by atoms with E-state index in [4.69, 9.17) is 16.3 Å². The van der Waals surface area contributed by atoms with Crippen molar-refractivity contribution in [1.29, 1.82) is 0 Å². The van der Waals surface area contributed by atoms with Crippen LogP contribution >= 0.6 is 0 Å². The highest BCUT2D eigenvalue weighted by Crippen LogP contribution is 2.39. The summed E-state index contributed by atoms with van der Waals surface area (Å²) in [5.74, 6) is 7.26. The van der Waals surface area contributed by atoms with Crippen molar-refractivity contribution in [3.63, 3.8) is 0 Å². The van der Waals surface area contributed by atoms with E-state index in [-0.39, 0.29) is 16.9 Å². The molecule has 0 aliphatic carbocycles. The van der Waals surface area contributed by atoms with Gasteiger partial charge in [-0.1, -0.05) is 57.2 Å². The van der Waals surface area contributed by atoms with Gasteiger partial charge >= 0.3 is 5.95 Å². The van der Waals surface area contributed by atoms with E-state index in [1.807, 2.05) is 51.6 Å². The highest BCUT2D eigenvalue weighted by atomic mass is 32.2. The minimum atomic E-state index is -3.62. The number of hydrogen-bond acceptors (Lipinski definition) is 9. The molecule has 7 N–H and O–H groups in total. The highest BCUT2D eigenvalue weighted by Gasteiger charge is 2.27. The molecule has 2 heterocycles. The normalized spacial score (nSPS) is 14.4. The van der Waals surface area contributed by atoms with Gasteiger partial charge in [0.2, 0.25) is 10.0 Å². The first-order valence-corrected chi connectivity index (χ1v) is 18.7. The molecule has 13 nitrogen and oxygen atoms in total. The zero-order valence-corrected chi connectivity index (χ0v) is 31.3. The smallest absolute Gasteiger partial charge is 0.357 e. The van der Waals surface area contributed by atoms with E-state index in [1.165, 1.54) is 17.7 Å². The number of nitrogens with zero attached hydrogens (tertiary/aromatic N) is 4. The van der Waals surface area contributed by atoms with E-state index in [2.05, 4.69) is 49.1 Å². The molecule has 1 amide bonds. The first-order chi connectivity index (χ1) is 24.0. The third kappa shape index (κ3) is 9.20. The van der Waals surface area contributed by atoms with Crippen molar-refractivity contribution >= 4 is 44.6 Å². The van der Waals surface area contributed by atoms with Crippen molar-refractivity contribution in [2.45, 2.75) is 39.7 Å². The zero-order valence-electron chi connectivity index (χ0n) is 30.4. The van der Waals surface area contributed by atoms with Gasteiger partial charge < -0.3 is 15.8 Å². The fourth-order valence-electron chi connectivity index (χ4n) is 6.07. The van der Waals surface area contributed by atoms with Crippen molar-refractivity contribution < 1.29 is 22.5 Å². The molecule has 1 aliphatic heterocycles. The zero-order chi connectivity index (χ0) is 37.1. The molecule has 1 fully saturated rings. The molecule has 1 aliphatic rings. The number of imidazole rings is 1. The predicted octanol–water partition coefficient (Wildman–Crippen LogP) is 4.04. The molecule has 0 unspecified atom stereocenters. The van der Waals surface area contributed by atoms with Crippen molar-refractivity contribution in [2.24, 2.45) is 18.6 Å². The van der Waals surface area contributed by atoms with E-state index in [0.717, 1.165) is 56.1 Å². The van der Waals surface area contributed by atoms with Crippen LogP contribution in [0.4, 0.5) is 23.0 Å². The molecule has 51 heavy (non-hydrogen) atoms. The first-order valence-electron chi connectivity index (χ1n) is 16.8. The molecular weight excluding hydrogens is 667 g/mol. The SMILES string of the molecule is COc1c(NC(=O)c2ccc(C)c(N(N)/C=C(\N)c3c[n+](C)c(N4CCN(Cc5ccccc5)CC4)[nH]3)c2)cc(C(C)(C)C)cc1NS(C)(=O)=O. The number of H-pyrrole nitrogens is 1. The number of anilines is 4. The van der Waals surface area contributed by atoms with Crippen molar-refractivity contribution in [3.05, 3.63) is 101 Å². The average molecular weight is 717 g/mol. The number of nitrogens with one attached hydrogen (secondary N) is 3. The van der Waals surface area contributed by atoms with Crippen LogP contribution in [-0.4, -0.2) is 63.8 Å². The molecule has 0 bridgehead atoms. The Morgan fingerprint density at radius 1 is 1.06 bits per heavy atom. The molecule has 272 valence electrons. The number of aromatic amines is 1. The van der Waals surface area contributed by atoms with Crippen molar-refractivity contribution in [2.75, 3.05) is 59.5 Å². The number of piperazine rings is 1. The van der Waals surface area contributed by atoms with E-state index < -0.39 is 15.9 Å². The third-order valence-corrected chi connectivity index (χ3v) is 9.46. The van der Waals surface area contributed by atoms with Gasteiger partial charge in [0.15, 0.2) is 11.4 Å². The number of aryl methyl sites for hydroxylation is 2. The van der Waals surface area contributed by atoms with Gasteiger partial charge in [-0.3, -0.25) is 24.3 Å². The third-order valence-electron chi connectivity index (χ3n) is 8.87. The maximum atomic E-state index is 13.7. The van der Waals surface area contributed by atoms with Crippen LogP contribution in [-0.2, 0) is 29.0 Å². The molecule has 0 saturated carbocycles. The summed E-state index contributed by atoms with van der Waals surface area (Å²) in [7, 11) is -0.221. The lowest BCUT2D eigenvalue weighted by atomic mass is 9.86. The second-order valence-electron chi connectivity index (χ2n) is 14.0. The topological polar surface area (TPSA) is 166 Å². The maximum absolute atomic E-state index is 13.7. The van der Waals surface area contributed by atoms with Crippen molar-refractivity contribution in [1.82, 2.24) is 9.88 Å². The molecule has 0 spiro atoms. The number of rotatable bonds is 11. The average Bonchev–Trinajstić information content (AvgIpc) is 3.46. The van der Waals surface area contributed by atoms with E-state index in [0.29, 0.717) is 28.3 Å². The number of hydrazine groups is 1. The van der Waals surface area contributed by atoms with Gasteiger partial charge in [0.1, 0.15) is 6.20 Å². The van der Waals surface area contributed by atoms with E-state index in [9.17, 15) is 13.2 Å². The van der Waals surface area contributed by atoms with Gasteiger partial charge in [0, 0.05) is 31.4 Å². The summed E-state index contributed by atoms with van der Waals surface area (Å²) in [5.41, 5.74) is 11.8. The number of hydrogen-bond donors (Lipinski definition) is 5. The first kappa shape index (κ1) is 37.2. The number of carbonyl (C=O) groups excluding carboxylic acids is 1. The summed E-state index contributed by atoms with van der Waals surface area (Å²) in [4.78, 5) is 21.9. The second-order valence-corrected chi connectivity index (χ2v) is 15.8. The summed E-state index contributed by atoms with van der Waals surface area (Å²) < 4.78 is 34.4. The minimum absolute atomic E-state index is 0.192. The standard InChI is InChI=1S/C37H49N9O4S/c1-25-13-14-27(35(47)40-30-20-28(37(2,3)4)21-31(34(30)50-6)42-51(7,48)49)19-33(25)46(39)23-29(38)32-24-43(5)36(41-32)45-17-15-44(16-18-45)22-26-11-9-8-10-12-26/h8-14,19-21,23-24,42H,15-18,22,38-39H2,1-7H3,(H,40,47)/p+1/b29-23-. The van der Waals surface area contributed by atoms with Crippen LogP contribution in [0.3, 0.4) is 0 Å². The number of methoxy groups -OCH3 is 1. The number of amides is 1. The molecule has 5 rings (SSSR count). The summed E-state index contributed by atoms with van der Waals surface area (Å²) >= 11 is 0. The maximum Gasteiger partial charge on any atom is 0.357 e. The Bertz CT molecular complexity index is 2010. The fourth-order valence-corrected chi connectivity index (χ4v) is 6.62. The van der Waals surface area contributed by atoms with Crippen LogP contribution in [0.5, 0.6) is 5.75 Å². The number of sulfonamides is 1. The largest absolute Gasteiger partial charge is 0.492 e. The minimum Gasteiger partial charge on any atom is -0.492 e.